The summed E-state index contributed by atoms with van der Waals surface area (Å²) in [6, 6.07) is 6.43. The third-order valence-electron chi connectivity index (χ3n) is 2.64. The molecule has 0 atom stereocenters. The molecule has 0 aliphatic heterocycles. The summed E-state index contributed by atoms with van der Waals surface area (Å²) in [6.07, 6.45) is 0.328. The summed E-state index contributed by atoms with van der Waals surface area (Å²) in [5, 5.41) is 9.12. The number of phenols is 1. The SMILES string of the molecule is CO[Si](C)(COC(=O)Cc1ccc(O)cc1)OC. The zero-order valence-corrected chi connectivity index (χ0v) is 11.8. The highest BCUT2D eigenvalue weighted by Gasteiger charge is 2.31. The van der Waals surface area contributed by atoms with Crippen molar-refractivity contribution in [3.8, 4) is 5.75 Å². The van der Waals surface area contributed by atoms with Gasteiger partial charge in [-0.3, -0.25) is 4.79 Å². The average molecular weight is 270 g/mol. The fraction of sp³-hybridized carbons (Fsp3) is 0.417. The summed E-state index contributed by atoms with van der Waals surface area (Å²) >= 11 is 0. The van der Waals surface area contributed by atoms with Gasteiger partial charge >= 0.3 is 14.5 Å². The smallest absolute Gasteiger partial charge is 0.373 e. The molecule has 1 aromatic rings. The molecule has 0 aliphatic carbocycles. The Morgan fingerprint density at radius 3 is 2.28 bits per heavy atom. The van der Waals surface area contributed by atoms with Gasteiger partial charge in [0, 0.05) is 14.2 Å². The van der Waals surface area contributed by atoms with Gasteiger partial charge in [-0.1, -0.05) is 12.1 Å². The highest BCUT2D eigenvalue weighted by molar-refractivity contribution is 6.65. The standard InChI is InChI=1S/C12H18O5Si/c1-15-18(3,16-2)9-17-12(14)8-10-4-6-11(13)7-5-10/h4-7,13H,8-9H2,1-3H3. The Morgan fingerprint density at radius 1 is 1.22 bits per heavy atom. The first-order valence-corrected chi connectivity index (χ1v) is 8.05. The van der Waals surface area contributed by atoms with E-state index in [1.807, 2.05) is 6.55 Å². The molecule has 0 aromatic heterocycles. The third kappa shape index (κ3) is 4.48. The number of phenolic OH excluding ortho intramolecular Hbond substituents is 1. The normalized spacial score (nSPS) is 11.3. The molecule has 1 N–H and O–H groups in total. The van der Waals surface area contributed by atoms with E-state index in [4.69, 9.17) is 18.7 Å². The summed E-state index contributed by atoms with van der Waals surface area (Å²) in [5.41, 5.74) is 0.788. The van der Waals surface area contributed by atoms with Crippen LogP contribution in [0.1, 0.15) is 5.56 Å². The number of ether oxygens (including phenoxy) is 1. The Morgan fingerprint density at radius 2 is 1.78 bits per heavy atom. The number of hydrogen-bond acceptors (Lipinski definition) is 5. The largest absolute Gasteiger partial charge is 0.508 e. The van der Waals surface area contributed by atoms with Crippen LogP contribution in [-0.4, -0.2) is 40.1 Å². The van der Waals surface area contributed by atoms with Gasteiger partial charge < -0.3 is 18.7 Å². The van der Waals surface area contributed by atoms with Crippen molar-refractivity contribution >= 4 is 14.5 Å². The number of benzene rings is 1. The molecule has 1 rings (SSSR count). The topological polar surface area (TPSA) is 65.0 Å². The van der Waals surface area contributed by atoms with Gasteiger partial charge in [-0.05, 0) is 24.2 Å². The minimum Gasteiger partial charge on any atom is -0.508 e. The van der Waals surface area contributed by atoms with Crippen LogP contribution in [0.3, 0.4) is 0 Å². The highest BCUT2D eigenvalue weighted by atomic mass is 28.4. The van der Waals surface area contributed by atoms with E-state index in [1.54, 1.807) is 26.4 Å². The third-order valence-corrected chi connectivity index (χ3v) is 5.04. The van der Waals surface area contributed by atoms with E-state index < -0.39 is 8.56 Å². The van der Waals surface area contributed by atoms with Crippen molar-refractivity contribution in [1.82, 2.24) is 0 Å². The first kappa shape index (κ1) is 14.7. The summed E-state index contributed by atoms with van der Waals surface area (Å²) < 4.78 is 15.6. The molecular weight excluding hydrogens is 252 g/mol. The lowest BCUT2D eigenvalue weighted by Crippen LogP contribution is -2.43. The van der Waals surface area contributed by atoms with E-state index in [1.165, 1.54) is 12.1 Å². The van der Waals surface area contributed by atoms with E-state index in [-0.39, 0.29) is 24.4 Å². The van der Waals surface area contributed by atoms with Crippen LogP contribution in [0, 0.1) is 0 Å². The summed E-state index contributed by atoms with van der Waals surface area (Å²) in [7, 11) is 0.721. The van der Waals surface area contributed by atoms with E-state index in [2.05, 4.69) is 0 Å². The van der Waals surface area contributed by atoms with Gasteiger partial charge in [-0.2, -0.15) is 0 Å². The molecule has 1 aromatic carbocycles. The maximum Gasteiger partial charge on any atom is 0.373 e. The Labute approximate surface area is 108 Å². The van der Waals surface area contributed by atoms with Gasteiger partial charge in [0.05, 0.1) is 6.42 Å². The molecule has 100 valence electrons. The number of rotatable bonds is 6. The molecule has 0 spiro atoms. The number of aromatic hydroxyl groups is 1. The lowest BCUT2D eigenvalue weighted by Gasteiger charge is -2.21. The van der Waals surface area contributed by atoms with Crippen LogP contribution >= 0.6 is 0 Å². The zero-order valence-electron chi connectivity index (χ0n) is 10.8. The predicted octanol–water partition coefficient (Wildman–Crippen LogP) is 1.38. The predicted molar refractivity (Wildman–Crippen MR) is 68.4 cm³/mol. The van der Waals surface area contributed by atoms with Crippen LogP contribution in [0.15, 0.2) is 24.3 Å². The molecule has 0 saturated heterocycles. The lowest BCUT2D eigenvalue weighted by molar-refractivity contribution is -0.141. The fourth-order valence-corrected chi connectivity index (χ4v) is 2.07. The van der Waals surface area contributed by atoms with Gasteiger partial charge in [0.1, 0.15) is 12.0 Å². The summed E-state index contributed by atoms with van der Waals surface area (Å²) in [4.78, 5) is 11.6. The van der Waals surface area contributed by atoms with Crippen molar-refractivity contribution < 1.29 is 23.5 Å². The summed E-state index contributed by atoms with van der Waals surface area (Å²) in [5.74, 6) is -0.167. The lowest BCUT2D eigenvalue weighted by atomic mass is 10.1. The van der Waals surface area contributed by atoms with Gasteiger partial charge in [-0.25, -0.2) is 0 Å². The molecule has 6 heteroatoms. The summed E-state index contributed by atoms with van der Waals surface area (Å²) in [6.45, 7) is 1.82. The number of carbonyl (C=O) groups excluding carboxylic acids is 1. The van der Waals surface area contributed by atoms with E-state index in [9.17, 15) is 4.79 Å². The molecular formula is C12H18O5Si. The molecule has 0 aliphatic rings. The molecule has 0 heterocycles. The van der Waals surface area contributed by atoms with Gasteiger partial charge in [0.2, 0.25) is 0 Å². The monoisotopic (exact) mass is 270 g/mol. The molecule has 0 amide bonds. The van der Waals surface area contributed by atoms with Crippen molar-refractivity contribution in [2.75, 3.05) is 20.4 Å². The fourth-order valence-electron chi connectivity index (χ4n) is 1.24. The minimum absolute atomic E-state index is 0.164. The van der Waals surface area contributed by atoms with Gasteiger partial charge in [-0.15, -0.1) is 0 Å². The quantitative estimate of drug-likeness (QED) is 0.625. The maximum atomic E-state index is 11.6. The van der Waals surface area contributed by atoms with Crippen molar-refractivity contribution in [3.05, 3.63) is 29.8 Å². The number of esters is 1. The van der Waals surface area contributed by atoms with E-state index in [0.717, 1.165) is 5.56 Å². The highest BCUT2D eigenvalue weighted by Crippen LogP contribution is 2.11. The minimum atomic E-state index is -2.37. The van der Waals surface area contributed by atoms with E-state index in [0.29, 0.717) is 0 Å². The Balaban J connectivity index is 2.45. The molecule has 5 nitrogen and oxygen atoms in total. The van der Waals surface area contributed by atoms with Crippen molar-refractivity contribution in [2.24, 2.45) is 0 Å². The molecule has 0 unspecified atom stereocenters. The zero-order chi connectivity index (χ0) is 13.6. The van der Waals surface area contributed by atoms with Crippen molar-refractivity contribution in [1.29, 1.82) is 0 Å². The number of carbonyl (C=O) groups is 1. The Kier molecular flexibility index (Phi) is 5.33. The van der Waals surface area contributed by atoms with Gasteiger partial charge in [0.25, 0.3) is 0 Å². The second kappa shape index (κ2) is 6.53. The van der Waals surface area contributed by atoms with Crippen molar-refractivity contribution in [2.45, 2.75) is 13.0 Å². The van der Waals surface area contributed by atoms with E-state index >= 15 is 0 Å². The molecule has 0 saturated carbocycles. The Hall–Kier alpha value is -1.37. The van der Waals surface area contributed by atoms with Crippen LogP contribution in [0.5, 0.6) is 5.75 Å². The second-order valence-corrected chi connectivity index (χ2v) is 7.42. The van der Waals surface area contributed by atoms with Crippen LogP contribution in [0.2, 0.25) is 6.55 Å². The van der Waals surface area contributed by atoms with Crippen LogP contribution in [0.25, 0.3) is 0 Å². The molecule has 18 heavy (non-hydrogen) atoms. The average Bonchev–Trinajstić information content (AvgIpc) is 2.39. The molecule has 0 fully saturated rings. The first-order chi connectivity index (χ1) is 8.49. The van der Waals surface area contributed by atoms with Gasteiger partial charge in [0.15, 0.2) is 0 Å². The maximum absolute atomic E-state index is 11.6. The van der Waals surface area contributed by atoms with Crippen LogP contribution < -0.4 is 0 Å². The first-order valence-electron chi connectivity index (χ1n) is 5.53. The van der Waals surface area contributed by atoms with Crippen LogP contribution in [0.4, 0.5) is 0 Å². The number of hydrogen-bond donors (Lipinski definition) is 1. The molecule has 0 bridgehead atoms. The molecule has 0 radical (unpaired) electrons. The second-order valence-electron chi connectivity index (χ2n) is 4.05. The van der Waals surface area contributed by atoms with Crippen molar-refractivity contribution in [3.63, 3.8) is 0 Å². The Bertz CT molecular complexity index is 386. The van der Waals surface area contributed by atoms with Crippen LogP contribution in [-0.2, 0) is 24.8 Å².